The first-order valence-corrected chi connectivity index (χ1v) is 7.35. The molecular weight excluding hydrogens is 410 g/mol. The maximum absolute atomic E-state index is 13.7. The maximum Gasteiger partial charge on any atom is 0.146 e. The first-order valence-electron chi connectivity index (χ1n) is 5.89. The van der Waals surface area contributed by atoms with Crippen LogP contribution in [0.15, 0.2) is 24.3 Å². The molecule has 0 heterocycles. The Morgan fingerprint density at radius 1 is 1.10 bits per heavy atom. The molecule has 0 bridgehead atoms. The van der Waals surface area contributed by atoms with Gasteiger partial charge >= 0.3 is 0 Å². The molecule has 2 aromatic rings. The molecule has 112 valence electrons. The number of nitrogen functional groups attached to an aromatic ring is 1. The van der Waals surface area contributed by atoms with Crippen molar-refractivity contribution in [3.05, 3.63) is 38.7 Å². The van der Waals surface area contributed by atoms with Gasteiger partial charge in [-0.1, -0.05) is 11.6 Å². The van der Waals surface area contributed by atoms with Gasteiger partial charge in [0, 0.05) is 12.1 Å². The van der Waals surface area contributed by atoms with Crippen molar-refractivity contribution in [3.63, 3.8) is 0 Å². The Kier molecular flexibility index (Phi) is 5.00. The van der Waals surface area contributed by atoms with Crippen LogP contribution in [0.1, 0.15) is 0 Å². The molecule has 0 aliphatic heterocycles. The number of rotatable bonds is 4. The molecule has 7 heteroatoms. The third-order valence-corrected chi connectivity index (χ3v) is 3.96. The standard InChI is InChI=1S/C14H13ClFIN2O2/c1-20-13-6-14(21-2)12(3-7(13)15)19-11-4-8(16)9(17)5-10(11)18/h3-6,19H,18H2,1-2H3. The number of nitrogens with one attached hydrogen (secondary N) is 1. The van der Waals surface area contributed by atoms with Crippen LogP contribution in [0, 0.1) is 9.39 Å². The molecule has 0 amide bonds. The van der Waals surface area contributed by atoms with E-state index in [2.05, 4.69) is 5.32 Å². The zero-order valence-electron chi connectivity index (χ0n) is 11.3. The molecule has 0 aliphatic carbocycles. The minimum absolute atomic E-state index is 0.356. The summed E-state index contributed by atoms with van der Waals surface area (Å²) in [5.41, 5.74) is 7.32. The Labute approximate surface area is 140 Å². The molecule has 0 fully saturated rings. The number of anilines is 3. The average Bonchev–Trinajstić information content (AvgIpc) is 2.45. The van der Waals surface area contributed by atoms with E-state index in [0.29, 0.717) is 37.2 Å². The van der Waals surface area contributed by atoms with Crippen LogP contribution in [-0.4, -0.2) is 14.2 Å². The number of benzene rings is 2. The van der Waals surface area contributed by atoms with Crippen LogP contribution >= 0.6 is 34.2 Å². The second-order valence-corrected chi connectivity index (χ2v) is 5.73. The molecule has 0 saturated heterocycles. The first-order chi connectivity index (χ1) is 9.96. The second kappa shape index (κ2) is 6.57. The van der Waals surface area contributed by atoms with E-state index in [0.717, 1.165) is 0 Å². The van der Waals surface area contributed by atoms with Crippen LogP contribution in [0.5, 0.6) is 11.5 Å². The molecule has 21 heavy (non-hydrogen) atoms. The molecule has 3 N–H and O–H groups in total. The van der Waals surface area contributed by atoms with Crippen molar-refractivity contribution < 1.29 is 13.9 Å². The minimum atomic E-state index is -0.356. The van der Waals surface area contributed by atoms with Crippen molar-refractivity contribution in [1.29, 1.82) is 0 Å². The highest BCUT2D eigenvalue weighted by Crippen LogP contribution is 2.38. The highest BCUT2D eigenvalue weighted by atomic mass is 127. The number of nitrogens with two attached hydrogens (primary N) is 1. The van der Waals surface area contributed by atoms with Gasteiger partial charge < -0.3 is 20.5 Å². The fraction of sp³-hybridized carbons (Fsp3) is 0.143. The highest BCUT2D eigenvalue weighted by molar-refractivity contribution is 14.1. The van der Waals surface area contributed by atoms with Gasteiger partial charge in [-0.05, 0) is 34.7 Å². The predicted octanol–water partition coefficient (Wildman–Crippen LogP) is 4.43. The molecular formula is C14H13ClFIN2O2. The number of ether oxygens (including phenoxy) is 2. The largest absolute Gasteiger partial charge is 0.495 e. The van der Waals surface area contributed by atoms with E-state index in [1.54, 1.807) is 18.2 Å². The fourth-order valence-electron chi connectivity index (χ4n) is 1.77. The molecule has 0 unspecified atom stereocenters. The van der Waals surface area contributed by atoms with Crippen molar-refractivity contribution in [2.75, 3.05) is 25.3 Å². The summed E-state index contributed by atoms with van der Waals surface area (Å²) >= 11 is 7.98. The lowest BCUT2D eigenvalue weighted by Gasteiger charge is -2.15. The predicted molar refractivity (Wildman–Crippen MR) is 91.4 cm³/mol. The Morgan fingerprint density at radius 2 is 1.76 bits per heavy atom. The monoisotopic (exact) mass is 422 g/mol. The van der Waals surface area contributed by atoms with Crippen LogP contribution in [0.4, 0.5) is 21.5 Å². The Bertz CT molecular complexity index is 683. The molecule has 0 atom stereocenters. The van der Waals surface area contributed by atoms with Gasteiger partial charge in [0.1, 0.15) is 17.3 Å². The molecule has 0 aromatic heterocycles. The normalized spacial score (nSPS) is 10.3. The van der Waals surface area contributed by atoms with E-state index < -0.39 is 0 Å². The van der Waals surface area contributed by atoms with Gasteiger partial charge in [0.2, 0.25) is 0 Å². The van der Waals surface area contributed by atoms with Gasteiger partial charge in [-0.15, -0.1) is 0 Å². The molecule has 2 rings (SSSR count). The van der Waals surface area contributed by atoms with Crippen LogP contribution in [0.3, 0.4) is 0 Å². The van der Waals surface area contributed by atoms with Gasteiger partial charge in [0.25, 0.3) is 0 Å². The second-order valence-electron chi connectivity index (χ2n) is 4.17. The Hall–Kier alpha value is -1.41. The summed E-state index contributed by atoms with van der Waals surface area (Å²) in [6.07, 6.45) is 0. The van der Waals surface area contributed by atoms with Crippen molar-refractivity contribution >= 4 is 51.3 Å². The number of hydrogen-bond donors (Lipinski definition) is 2. The molecule has 2 aromatic carbocycles. The van der Waals surface area contributed by atoms with Crippen LogP contribution < -0.4 is 20.5 Å². The smallest absolute Gasteiger partial charge is 0.146 e. The lowest BCUT2D eigenvalue weighted by atomic mass is 10.2. The van der Waals surface area contributed by atoms with Crippen molar-refractivity contribution in [3.8, 4) is 11.5 Å². The number of methoxy groups -OCH3 is 2. The summed E-state index contributed by atoms with van der Waals surface area (Å²) in [5, 5.41) is 3.43. The zero-order valence-corrected chi connectivity index (χ0v) is 14.3. The lowest BCUT2D eigenvalue weighted by Crippen LogP contribution is -2.01. The average molecular weight is 423 g/mol. The van der Waals surface area contributed by atoms with Crippen molar-refractivity contribution in [2.24, 2.45) is 0 Å². The molecule has 0 aliphatic rings. The minimum Gasteiger partial charge on any atom is -0.495 e. The maximum atomic E-state index is 13.7. The van der Waals surface area contributed by atoms with Crippen LogP contribution in [0.2, 0.25) is 5.02 Å². The van der Waals surface area contributed by atoms with Gasteiger partial charge in [-0.3, -0.25) is 0 Å². The van der Waals surface area contributed by atoms with Crippen molar-refractivity contribution in [1.82, 2.24) is 0 Å². The molecule has 0 saturated carbocycles. The van der Waals surface area contributed by atoms with E-state index in [1.807, 2.05) is 22.6 Å². The van der Waals surface area contributed by atoms with E-state index in [4.69, 9.17) is 26.8 Å². The summed E-state index contributed by atoms with van der Waals surface area (Å²) in [4.78, 5) is 0. The van der Waals surface area contributed by atoms with Crippen molar-refractivity contribution in [2.45, 2.75) is 0 Å². The summed E-state index contributed by atoms with van der Waals surface area (Å²) in [7, 11) is 3.03. The number of halogens is 3. The summed E-state index contributed by atoms with van der Waals surface area (Å²) in [5.74, 6) is 0.640. The fourth-order valence-corrected chi connectivity index (χ4v) is 2.51. The SMILES string of the molecule is COc1cc(OC)c(Nc2cc(F)c(I)cc2N)cc1Cl. The van der Waals surface area contributed by atoms with Gasteiger partial charge in [-0.25, -0.2) is 4.39 Å². The summed E-state index contributed by atoms with van der Waals surface area (Å²) < 4.78 is 24.5. The Morgan fingerprint density at radius 3 is 2.38 bits per heavy atom. The third kappa shape index (κ3) is 3.44. The molecule has 0 spiro atoms. The van der Waals surface area contributed by atoms with Gasteiger partial charge in [0.05, 0.1) is 39.9 Å². The van der Waals surface area contributed by atoms with E-state index in [9.17, 15) is 4.39 Å². The Balaban J connectivity index is 2.44. The molecule has 0 radical (unpaired) electrons. The third-order valence-electron chi connectivity index (χ3n) is 2.84. The lowest BCUT2D eigenvalue weighted by molar-refractivity contribution is 0.396. The topological polar surface area (TPSA) is 56.5 Å². The summed E-state index contributed by atoms with van der Waals surface area (Å²) in [6.45, 7) is 0. The van der Waals surface area contributed by atoms with Gasteiger partial charge in [0.15, 0.2) is 0 Å². The van der Waals surface area contributed by atoms with E-state index in [-0.39, 0.29) is 5.82 Å². The van der Waals surface area contributed by atoms with E-state index >= 15 is 0 Å². The zero-order chi connectivity index (χ0) is 15.6. The van der Waals surface area contributed by atoms with E-state index in [1.165, 1.54) is 20.3 Å². The van der Waals surface area contributed by atoms with Crippen LogP contribution in [0.25, 0.3) is 0 Å². The first kappa shape index (κ1) is 16.0. The van der Waals surface area contributed by atoms with Crippen LogP contribution in [-0.2, 0) is 0 Å². The quantitative estimate of drug-likeness (QED) is 0.565. The van der Waals surface area contributed by atoms with Gasteiger partial charge in [-0.2, -0.15) is 0 Å². The summed E-state index contributed by atoms with van der Waals surface area (Å²) in [6, 6.07) is 6.16. The highest BCUT2D eigenvalue weighted by Gasteiger charge is 2.12. The molecule has 4 nitrogen and oxygen atoms in total. The number of hydrogen-bond acceptors (Lipinski definition) is 4.